The number of carbonyl (C=O) groups is 2. The van der Waals surface area contributed by atoms with Gasteiger partial charge in [-0.2, -0.15) is 0 Å². The number of aryl methyl sites for hydroxylation is 2. The SMILES string of the molecule is Cc1nc(C)c(COC(=O)CNC(=O)CC2CCCCC2)s1. The van der Waals surface area contributed by atoms with Gasteiger partial charge >= 0.3 is 5.97 Å². The van der Waals surface area contributed by atoms with Gasteiger partial charge in [0.1, 0.15) is 13.2 Å². The molecule has 22 heavy (non-hydrogen) atoms. The van der Waals surface area contributed by atoms with Gasteiger partial charge in [0.15, 0.2) is 0 Å². The number of amides is 1. The highest BCUT2D eigenvalue weighted by Crippen LogP contribution is 2.26. The van der Waals surface area contributed by atoms with Crippen LogP contribution in [0.4, 0.5) is 0 Å². The van der Waals surface area contributed by atoms with Crippen LogP contribution < -0.4 is 5.32 Å². The maximum Gasteiger partial charge on any atom is 0.325 e. The number of nitrogens with zero attached hydrogens (tertiary/aromatic N) is 1. The Morgan fingerprint density at radius 2 is 2.00 bits per heavy atom. The molecule has 1 aliphatic rings. The first-order valence-corrected chi connectivity index (χ1v) is 8.71. The van der Waals surface area contributed by atoms with E-state index in [9.17, 15) is 9.59 Å². The molecule has 1 N–H and O–H groups in total. The van der Waals surface area contributed by atoms with E-state index in [0.717, 1.165) is 28.4 Å². The maximum absolute atomic E-state index is 11.8. The van der Waals surface area contributed by atoms with Crippen LogP contribution in [0.15, 0.2) is 0 Å². The fraction of sp³-hybridized carbons (Fsp3) is 0.688. The van der Waals surface area contributed by atoms with Crippen LogP contribution in [-0.2, 0) is 20.9 Å². The zero-order valence-electron chi connectivity index (χ0n) is 13.3. The van der Waals surface area contributed by atoms with Crippen LogP contribution in [0.5, 0.6) is 0 Å². The quantitative estimate of drug-likeness (QED) is 0.817. The first-order chi connectivity index (χ1) is 10.5. The van der Waals surface area contributed by atoms with Gasteiger partial charge in [-0.05, 0) is 32.6 Å². The molecule has 6 heteroatoms. The zero-order chi connectivity index (χ0) is 15.9. The van der Waals surface area contributed by atoms with Crippen LogP contribution in [0.2, 0.25) is 0 Å². The van der Waals surface area contributed by atoms with Crippen LogP contribution in [0, 0.1) is 19.8 Å². The Bertz CT molecular complexity index is 521. The fourth-order valence-corrected chi connectivity index (χ4v) is 3.65. The second kappa shape index (κ2) is 8.27. The Labute approximate surface area is 135 Å². The number of rotatable bonds is 6. The molecule has 1 fully saturated rings. The molecule has 1 aliphatic carbocycles. The lowest BCUT2D eigenvalue weighted by Gasteiger charge is -2.20. The monoisotopic (exact) mass is 324 g/mol. The van der Waals surface area contributed by atoms with Crippen molar-refractivity contribution in [1.82, 2.24) is 10.3 Å². The van der Waals surface area contributed by atoms with E-state index in [4.69, 9.17) is 4.74 Å². The number of esters is 1. The standard InChI is InChI=1S/C16H24N2O3S/c1-11-14(22-12(2)18-11)10-21-16(20)9-17-15(19)8-13-6-4-3-5-7-13/h13H,3-10H2,1-2H3,(H,17,19). The van der Waals surface area contributed by atoms with Gasteiger partial charge in [0.05, 0.1) is 15.6 Å². The predicted octanol–water partition coefficient (Wildman–Crippen LogP) is 2.89. The lowest BCUT2D eigenvalue weighted by molar-refractivity contribution is -0.145. The molecule has 0 aliphatic heterocycles. The Morgan fingerprint density at radius 3 is 2.64 bits per heavy atom. The molecule has 0 saturated heterocycles. The van der Waals surface area contributed by atoms with Crippen molar-refractivity contribution in [3.05, 3.63) is 15.6 Å². The summed E-state index contributed by atoms with van der Waals surface area (Å²) in [5, 5.41) is 3.62. The molecule has 0 aromatic carbocycles. The molecule has 5 nitrogen and oxygen atoms in total. The van der Waals surface area contributed by atoms with Gasteiger partial charge in [-0.15, -0.1) is 11.3 Å². The van der Waals surface area contributed by atoms with Gasteiger partial charge in [0.25, 0.3) is 0 Å². The molecule has 1 saturated carbocycles. The number of carbonyl (C=O) groups excluding carboxylic acids is 2. The van der Waals surface area contributed by atoms with E-state index < -0.39 is 5.97 Å². The van der Waals surface area contributed by atoms with Gasteiger partial charge in [-0.3, -0.25) is 9.59 Å². The second-order valence-corrected chi connectivity index (χ2v) is 7.17. The summed E-state index contributed by atoms with van der Waals surface area (Å²) in [6, 6.07) is 0. The largest absolute Gasteiger partial charge is 0.459 e. The van der Waals surface area contributed by atoms with E-state index in [0.29, 0.717) is 12.3 Å². The molecular formula is C16H24N2O3S. The third-order valence-corrected chi connectivity index (χ3v) is 5.04. The lowest BCUT2D eigenvalue weighted by atomic mass is 9.87. The first kappa shape index (κ1) is 16.9. The third-order valence-electron chi connectivity index (χ3n) is 3.99. The van der Waals surface area contributed by atoms with Gasteiger partial charge in [-0.25, -0.2) is 4.98 Å². The summed E-state index contributed by atoms with van der Waals surface area (Å²) in [4.78, 5) is 28.7. The molecule has 1 aromatic rings. The third kappa shape index (κ3) is 5.40. The summed E-state index contributed by atoms with van der Waals surface area (Å²) < 4.78 is 5.18. The molecule has 1 heterocycles. The zero-order valence-corrected chi connectivity index (χ0v) is 14.1. The summed E-state index contributed by atoms with van der Waals surface area (Å²) in [5.41, 5.74) is 0.900. The highest BCUT2D eigenvalue weighted by Gasteiger charge is 2.17. The summed E-state index contributed by atoms with van der Waals surface area (Å²) in [6.07, 6.45) is 6.49. The molecule has 1 aromatic heterocycles. The molecule has 0 radical (unpaired) electrons. The van der Waals surface area contributed by atoms with Crippen LogP contribution in [-0.4, -0.2) is 23.4 Å². The predicted molar refractivity (Wildman–Crippen MR) is 85.6 cm³/mol. The average molecular weight is 324 g/mol. The molecule has 1 amide bonds. The minimum atomic E-state index is -0.401. The summed E-state index contributed by atoms with van der Waals surface area (Å²) in [5.74, 6) is 0.0312. The van der Waals surface area contributed by atoms with Crippen LogP contribution in [0.25, 0.3) is 0 Å². The lowest BCUT2D eigenvalue weighted by Crippen LogP contribution is -2.32. The van der Waals surface area contributed by atoms with Crippen LogP contribution >= 0.6 is 11.3 Å². The highest BCUT2D eigenvalue weighted by atomic mass is 32.1. The van der Waals surface area contributed by atoms with Crippen LogP contribution in [0.3, 0.4) is 0 Å². The smallest absolute Gasteiger partial charge is 0.325 e. The maximum atomic E-state index is 11.8. The van der Waals surface area contributed by atoms with Crippen molar-refractivity contribution >= 4 is 23.2 Å². The summed E-state index contributed by atoms with van der Waals surface area (Å²) in [6.45, 7) is 4.00. The van der Waals surface area contributed by atoms with E-state index in [2.05, 4.69) is 10.3 Å². The van der Waals surface area contributed by atoms with Crippen molar-refractivity contribution < 1.29 is 14.3 Å². The topological polar surface area (TPSA) is 68.3 Å². The van der Waals surface area contributed by atoms with Crippen molar-refractivity contribution in [2.75, 3.05) is 6.54 Å². The van der Waals surface area contributed by atoms with Gasteiger partial charge in [0, 0.05) is 6.42 Å². The molecule has 122 valence electrons. The number of hydrogen-bond donors (Lipinski definition) is 1. The minimum absolute atomic E-state index is 0.0475. The van der Waals surface area contributed by atoms with Crippen LogP contribution in [0.1, 0.15) is 54.1 Å². The van der Waals surface area contributed by atoms with E-state index in [-0.39, 0.29) is 19.1 Å². The average Bonchev–Trinajstić information content (AvgIpc) is 2.82. The van der Waals surface area contributed by atoms with E-state index >= 15 is 0 Å². The molecule has 0 spiro atoms. The second-order valence-electron chi connectivity index (χ2n) is 5.89. The number of hydrogen-bond acceptors (Lipinski definition) is 5. The van der Waals surface area contributed by atoms with Crippen molar-refractivity contribution in [3.63, 3.8) is 0 Å². The van der Waals surface area contributed by atoms with E-state index in [1.54, 1.807) is 0 Å². The Balaban J connectivity index is 1.64. The molecule has 0 bridgehead atoms. The first-order valence-electron chi connectivity index (χ1n) is 7.90. The van der Waals surface area contributed by atoms with Crippen molar-refractivity contribution in [2.45, 2.75) is 59.0 Å². The highest BCUT2D eigenvalue weighted by molar-refractivity contribution is 7.11. The minimum Gasteiger partial charge on any atom is -0.459 e. The van der Waals surface area contributed by atoms with E-state index in [1.165, 1.54) is 30.6 Å². The van der Waals surface area contributed by atoms with Gasteiger partial charge in [-0.1, -0.05) is 19.3 Å². The molecule has 0 unspecified atom stereocenters. The number of nitrogens with one attached hydrogen (secondary N) is 1. The number of ether oxygens (including phenoxy) is 1. The number of aromatic nitrogens is 1. The van der Waals surface area contributed by atoms with Gasteiger partial charge < -0.3 is 10.1 Å². The normalized spacial score (nSPS) is 15.5. The summed E-state index contributed by atoms with van der Waals surface area (Å²) >= 11 is 1.53. The van der Waals surface area contributed by atoms with Crippen molar-refractivity contribution in [1.29, 1.82) is 0 Å². The van der Waals surface area contributed by atoms with Crippen molar-refractivity contribution in [3.8, 4) is 0 Å². The number of thiazole rings is 1. The van der Waals surface area contributed by atoms with Crippen molar-refractivity contribution in [2.24, 2.45) is 5.92 Å². The molecule has 0 atom stereocenters. The Morgan fingerprint density at radius 1 is 1.27 bits per heavy atom. The molecular weight excluding hydrogens is 300 g/mol. The summed E-state index contributed by atoms with van der Waals surface area (Å²) in [7, 11) is 0. The Hall–Kier alpha value is -1.43. The fourth-order valence-electron chi connectivity index (χ4n) is 2.80. The van der Waals surface area contributed by atoms with Gasteiger partial charge in [0.2, 0.25) is 5.91 Å². The van der Waals surface area contributed by atoms with E-state index in [1.807, 2.05) is 13.8 Å². The Kier molecular flexibility index (Phi) is 6.36. The molecule has 2 rings (SSSR count).